The summed E-state index contributed by atoms with van der Waals surface area (Å²) in [6.07, 6.45) is -2.24. The van der Waals surface area contributed by atoms with E-state index >= 15 is 0 Å². The minimum Gasteiger partial charge on any atom is -0.476 e. The molecule has 1 aliphatic heterocycles. The van der Waals surface area contributed by atoms with Crippen LogP contribution < -0.4 is 9.47 Å². The van der Waals surface area contributed by atoms with Crippen LogP contribution in [0.4, 0.5) is 13.2 Å². The van der Waals surface area contributed by atoms with Gasteiger partial charge in [0.05, 0.1) is 12.4 Å². The van der Waals surface area contributed by atoms with Gasteiger partial charge in [0.2, 0.25) is 11.8 Å². The Bertz CT molecular complexity index is 816. The van der Waals surface area contributed by atoms with E-state index in [1.807, 2.05) is 0 Å². The minimum absolute atomic E-state index is 0.00469. The molecule has 1 aliphatic rings. The van der Waals surface area contributed by atoms with Crippen LogP contribution in [0.25, 0.3) is 0 Å². The van der Waals surface area contributed by atoms with Gasteiger partial charge in [-0.05, 0) is 18.9 Å². The van der Waals surface area contributed by atoms with E-state index in [1.54, 1.807) is 0 Å². The number of alkyl halides is 3. The second-order valence-electron chi connectivity index (χ2n) is 5.92. The second-order valence-corrected chi connectivity index (χ2v) is 5.92. The van der Waals surface area contributed by atoms with E-state index in [2.05, 4.69) is 15.0 Å². The summed E-state index contributed by atoms with van der Waals surface area (Å²) in [6, 6.07) is 3.43. The molecule has 0 saturated carbocycles. The molecular weight excluding hydrogens is 383 g/mol. The van der Waals surface area contributed by atoms with Crippen molar-refractivity contribution in [2.24, 2.45) is 0 Å². The first kappa shape index (κ1) is 19.8. The van der Waals surface area contributed by atoms with Gasteiger partial charge in [-0.1, -0.05) is 6.07 Å². The van der Waals surface area contributed by atoms with Crippen molar-refractivity contribution in [2.45, 2.75) is 31.2 Å². The van der Waals surface area contributed by atoms with Gasteiger partial charge in [-0.25, -0.2) is 19.7 Å². The van der Waals surface area contributed by atoms with E-state index in [4.69, 9.17) is 19.3 Å². The molecule has 0 aliphatic carbocycles. The van der Waals surface area contributed by atoms with Crippen molar-refractivity contribution in [1.29, 1.82) is 0 Å². The first-order valence-corrected chi connectivity index (χ1v) is 8.33. The van der Waals surface area contributed by atoms with E-state index in [0.29, 0.717) is 19.4 Å². The van der Waals surface area contributed by atoms with Crippen molar-refractivity contribution in [3.8, 4) is 11.8 Å². The highest BCUT2D eigenvalue weighted by atomic mass is 19.4. The highest BCUT2D eigenvalue weighted by Gasteiger charge is 2.34. The van der Waals surface area contributed by atoms with Gasteiger partial charge >= 0.3 is 12.1 Å². The average molecular weight is 399 g/mol. The second kappa shape index (κ2) is 8.38. The molecule has 0 spiro atoms. The van der Waals surface area contributed by atoms with Gasteiger partial charge in [-0.2, -0.15) is 13.2 Å². The molecule has 0 amide bonds. The largest absolute Gasteiger partial charge is 0.476 e. The number of nitrogens with zero attached hydrogens (tertiary/aromatic N) is 3. The molecule has 150 valence electrons. The van der Waals surface area contributed by atoms with Gasteiger partial charge in [0, 0.05) is 12.7 Å². The van der Waals surface area contributed by atoms with Crippen LogP contribution >= 0.6 is 0 Å². The Morgan fingerprint density at radius 3 is 2.75 bits per heavy atom. The molecule has 1 saturated heterocycles. The number of carbonyl (C=O) groups is 1. The molecule has 1 N–H and O–H groups in total. The Labute approximate surface area is 157 Å². The Hall–Kier alpha value is -2.95. The molecule has 2 aromatic heterocycles. The molecule has 2 unspecified atom stereocenters. The zero-order valence-electron chi connectivity index (χ0n) is 14.4. The molecule has 28 heavy (non-hydrogen) atoms. The molecule has 1 fully saturated rings. The number of hydrogen-bond acceptors (Lipinski definition) is 7. The molecule has 0 aromatic carbocycles. The molecule has 2 aromatic rings. The third-order valence-corrected chi connectivity index (χ3v) is 3.91. The number of aromatic nitrogens is 3. The molecule has 0 radical (unpaired) electrons. The van der Waals surface area contributed by atoms with Gasteiger partial charge in [0.1, 0.15) is 24.5 Å². The summed E-state index contributed by atoms with van der Waals surface area (Å²) in [4.78, 5) is 21.8. The lowest BCUT2D eigenvalue weighted by atomic mass is 10.1. The number of ether oxygens (including phenoxy) is 3. The fourth-order valence-corrected chi connectivity index (χ4v) is 2.56. The lowest BCUT2D eigenvalue weighted by Crippen LogP contribution is -2.42. The highest BCUT2D eigenvalue weighted by molar-refractivity contribution is 5.84. The molecule has 8 nitrogen and oxygen atoms in total. The lowest BCUT2D eigenvalue weighted by molar-refractivity contribution is -0.141. The first-order chi connectivity index (χ1) is 13.3. The first-order valence-electron chi connectivity index (χ1n) is 8.33. The number of aromatic carboxylic acids is 1. The van der Waals surface area contributed by atoms with E-state index in [0.717, 1.165) is 18.5 Å². The lowest BCUT2D eigenvalue weighted by Gasteiger charge is -2.31. The van der Waals surface area contributed by atoms with Gasteiger partial charge in [-0.3, -0.25) is 0 Å². The Morgan fingerprint density at radius 2 is 2.07 bits per heavy atom. The summed E-state index contributed by atoms with van der Waals surface area (Å²) < 4.78 is 55.1. The third kappa shape index (κ3) is 5.06. The van der Waals surface area contributed by atoms with Crippen LogP contribution in [-0.4, -0.2) is 51.4 Å². The fraction of sp³-hybridized carbons (Fsp3) is 0.412. The maximum absolute atomic E-state index is 12.8. The van der Waals surface area contributed by atoms with Crippen LogP contribution in [0.15, 0.2) is 30.6 Å². The summed E-state index contributed by atoms with van der Waals surface area (Å²) in [7, 11) is 0. The highest BCUT2D eigenvalue weighted by Crippen LogP contribution is 2.29. The van der Waals surface area contributed by atoms with Crippen LogP contribution in [0.3, 0.4) is 0 Å². The van der Waals surface area contributed by atoms with Gasteiger partial charge in [0.15, 0.2) is 5.69 Å². The standard InChI is InChI=1S/C17H16F3N3O5/c18-17(19,20)13-4-1-5-14(23-13)28-11-3-2-6-26-12(11)9-27-15-8-21-10(7-22-15)16(24)25/h1,4-5,7-8,11-12H,2-3,6,9H2,(H,24,25). The van der Waals surface area contributed by atoms with Crippen molar-refractivity contribution in [3.05, 3.63) is 42.0 Å². The quantitative estimate of drug-likeness (QED) is 0.791. The minimum atomic E-state index is -4.56. The zero-order chi connectivity index (χ0) is 20.1. The zero-order valence-corrected chi connectivity index (χ0v) is 14.4. The number of halogens is 3. The van der Waals surface area contributed by atoms with Crippen LogP contribution in [0, 0.1) is 0 Å². The van der Waals surface area contributed by atoms with Gasteiger partial charge in [0.25, 0.3) is 0 Å². The Morgan fingerprint density at radius 1 is 1.25 bits per heavy atom. The van der Waals surface area contributed by atoms with Crippen LogP contribution in [0.5, 0.6) is 11.8 Å². The third-order valence-electron chi connectivity index (χ3n) is 3.91. The van der Waals surface area contributed by atoms with E-state index in [-0.39, 0.29) is 24.1 Å². The monoisotopic (exact) mass is 399 g/mol. The smallest absolute Gasteiger partial charge is 0.433 e. The molecule has 11 heteroatoms. The molecule has 0 bridgehead atoms. The molecule has 3 rings (SSSR count). The maximum Gasteiger partial charge on any atom is 0.433 e. The molecule has 2 atom stereocenters. The summed E-state index contributed by atoms with van der Waals surface area (Å²) >= 11 is 0. The predicted octanol–water partition coefficient (Wildman–Crippen LogP) is 2.59. The number of rotatable bonds is 6. The van der Waals surface area contributed by atoms with E-state index in [9.17, 15) is 18.0 Å². The van der Waals surface area contributed by atoms with Gasteiger partial charge < -0.3 is 19.3 Å². The number of carboxylic acid groups (broad SMARTS) is 1. The average Bonchev–Trinajstić information content (AvgIpc) is 2.67. The predicted molar refractivity (Wildman–Crippen MR) is 87.1 cm³/mol. The van der Waals surface area contributed by atoms with Gasteiger partial charge in [-0.15, -0.1) is 0 Å². The summed E-state index contributed by atoms with van der Waals surface area (Å²) in [5.41, 5.74) is -1.26. The number of carboxylic acids is 1. The fourth-order valence-electron chi connectivity index (χ4n) is 2.56. The van der Waals surface area contributed by atoms with Crippen molar-refractivity contribution in [3.63, 3.8) is 0 Å². The van der Waals surface area contributed by atoms with Crippen LogP contribution in [0.2, 0.25) is 0 Å². The SMILES string of the molecule is O=C(O)c1cnc(OCC2OCCCC2Oc2cccc(C(F)(F)F)n2)cn1. The van der Waals surface area contributed by atoms with E-state index in [1.165, 1.54) is 12.1 Å². The van der Waals surface area contributed by atoms with Crippen molar-refractivity contribution in [2.75, 3.05) is 13.2 Å². The Kier molecular flexibility index (Phi) is 5.93. The topological polar surface area (TPSA) is 104 Å². The number of pyridine rings is 1. The van der Waals surface area contributed by atoms with Crippen LogP contribution in [-0.2, 0) is 10.9 Å². The molecule has 3 heterocycles. The van der Waals surface area contributed by atoms with Crippen LogP contribution in [0.1, 0.15) is 29.0 Å². The Balaban J connectivity index is 1.63. The van der Waals surface area contributed by atoms with Crippen molar-refractivity contribution in [1.82, 2.24) is 15.0 Å². The summed E-state index contributed by atoms with van der Waals surface area (Å²) in [6.45, 7) is 0.457. The molecular formula is C17H16F3N3O5. The number of hydrogen-bond donors (Lipinski definition) is 1. The van der Waals surface area contributed by atoms with Crippen molar-refractivity contribution >= 4 is 5.97 Å². The normalized spacial score (nSPS) is 19.8. The maximum atomic E-state index is 12.8. The van der Waals surface area contributed by atoms with Crippen molar-refractivity contribution < 1.29 is 37.3 Å². The summed E-state index contributed by atoms with van der Waals surface area (Å²) in [5.74, 6) is -1.27. The van der Waals surface area contributed by atoms with E-state index < -0.39 is 30.0 Å². The summed E-state index contributed by atoms with van der Waals surface area (Å²) in [5, 5.41) is 8.80.